The van der Waals surface area contributed by atoms with Crippen molar-refractivity contribution in [2.45, 2.75) is 0 Å². The van der Waals surface area contributed by atoms with Gasteiger partial charge in [0.1, 0.15) is 0 Å². The van der Waals surface area contributed by atoms with Gasteiger partial charge in [-0.25, -0.2) is 4.98 Å². The van der Waals surface area contributed by atoms with Crippen LogP contribution in [0.1, 0.15) is 5.69 Å². The van der Waals surface area contributed by atoms with Gasteiger partial charge in [0.25, 0.3) is 0 Å². The first kappa shape index (κ1) is 7.54. The Balaban J connectivity index is 3.09. The van der Waals surface area contributed by atoms with Crippen LogP contribution in [0.25, 0.3) is 0 Å². The molecule has 0 aromatic carbocycles. The van der Waals surface area contributed by atoms with Gasteiger partial charge in [-0.05, 0) is 35.0 Å². The Morgan fingerprint density at radius 3 is 2.80 bits per heavy atom. The highest BCUT2D eigenvalue weighted by Gasteiger charge is 1.98. The number of rotatable bonds is 1. The van der Waals surface area contributed by atoms with E-state index in [-0.39, 0.29) is 0 Å². The van der Waals surface area contributed by atoms with E-state index in [1.165, 1.54) is 0 Å². The third-order valence-corrected chi connectivity index (χ3v) is 1.67. The number of pyridine rings is 1. The Bertz CT molecular complexity index is 237. The van der Waals surface area contributed by atoms with Crippen LogP contribution in [-0.2, 0) is 0 Å². The molecule has 53 valence electrons. The third-order valence-electron chi connectivity index (χ3n) is 1.06. The van der Waals surface area contributed by atoms with E-state index in [0.29, 0.717) is 11.6 Å². The lowest BCUT2D eigenvalue weighted by atomic mass is 10.4. The van der Waals surface area contributed by atoms with Gasteiger partial charge in [-0.3, -0.25) is 0 Å². The number of ether oxygens (including phenoxy) is 1. The van der Waals surface area contributed by atoms with Crippen LogP contribution in [-0.4, -0.2) is 12.1 Å². The number of hydrogen-bond acceptors (Lipinski definition) is 2. The molecule has 1 aromatic rings. The first-order chi connectivity index (χ1) is 4.74. The van der Waals surface area contributed by atoms with Gasteiger partial charge in [0.05, 0.1) is 11.6 Å². The second-order valence-electron chi connectivity index (χ2n) is 1.79. The van der Waals surface area contributed by atoms with Gasteiger partial charge >= 0.3 is 0 Å². The molecule has 0 bridgehead atoms. The lowest BCUT2D eigenvalue weighted by molar-refractivity contribution is 0.394. The highest BCUT2D eigenvalue weighted by Crippen LogP contribution is 2.21. The van der Waals surface area contributed by atoms with Crippen LogP contribution in [0.2, 0.25) is 0 Å². The molecule has 0 saturated carbocycles. The second kappa shape index (κ2) is 3.01. The number of hydrogen-bond donors (Lipinski definition) is 0. The Morgan fingerprint density at radius 2 is 2.30 bits per heavy atom. The summed E-state index contributed by atoms with van der Waals surface area (Å²) in [6, 6.07) is 3.67. The molecule has 0 saturated heterocycles. The highest BCUT2D eigenvalue weighted by molar-refractivity contribution is 9.10. The summed E-state index contributed by atoms with van der Waals surface area (Å²) in [6.07, 6.45) is 0. The number of halogens is 1. The van der Waals surface area contributed by atoms with Crippen molar-refractivity contribution in [1.29, 1.82) is 0 Å². The lowest BCUT2D eigenvalue weighted by Gasteiger charge is -2.00. The average Bonchev–Trinajstić information content (AvgIpc) is 1.94. The fourth-order valence-electron chi connectivity index (χ4n) is 0.605. The van der Waals surface area contributed by atoms with Crippen LogP contribution in [0.3, 0.4) is 0 Å². The fraction of sp³-hybridized carbons (Fsp3) is 0.143. The normalized spacial score (nSPS) is 9.50. The Labute approximate surface area is 68.4 Å². The molecule has 0 aliphatic heterocycles. The highest BCUT2D eigenvalue weighted by atomic mass is 79.9. The van der Waals surface area contributed by atoms with E-state index in [0.717, 1.165) is 4.47 Å². The molecule has 1 aromatic heterocycles. The molecule has 0 aliphatic rings. The van der Waals surface area contributed by atoms with Crippen molar-refractivity contribution in [3.05, 3.63) is 29.2 Å². The first-order valence-corrected chi connectivity index (χ1v) is 3.56. The van der Waals surface area contributed by atoms with Gasteiger partial charge in [0.15, 0.2) is 0 Å². The summed E-state index contributed by atoms with van der Waals surface area (Å²) >= 11 is 3.28. The monoisotopic (exact) mass is 200 g/mol. The summed E-state index contributed by atoms with van der Waals surface area (Å²) in [4.78, 5) is 4.01. The minimum Gasteiger partial charge on any atom is -0.480 e. The van der Waals surface area contributed by atoms with E-state index in [9.17, 15) is 0 Å². The van der Waals surface area contributed by atoms with Crippen molar-refractivity contribution < 1.29 is 4.74 Å². The van der Waals surface area contributed by atoms with Gasteiger partial charge in [-0.15, -0.1) is 0 Å². The van der Waals surface area contributed by atoms with Crippen molar-refractivity contribution in [3.8, 4) is 5.88 Å². The molecule has 0 aliphatic carbocycles. The van der Waals surface area contributed by atoms with Gasteiger partial charge < -0.3 is 4.74 Å². The van der Waals surface area contributed by atoms with Crippen LogP contribution in [0.4, 0.5) is 0 Å². The zero-order chi connectivity index (χ0) is 7.56. The predicted molar refractivity (Wildman–Crippen MR) is 42.9 cm³/mol. The van der Waals surface area contributed by atoms with E-state index in [4.69, 9.17) is 4.74 Å². The molecular weight excluding hydrogens is 194 g/mol. The average molecular weight is 201 g/mol. The zero-order valence-corrected chi connectivity index (χ0v) is 7.18. The maximum atomic E-state index is 4.93. The van der Waals surface area contributed by atoms with Crippen molar-refractivity contribution in [3.63, 3.8) is 0 Å². The van der Waals surface area contributed by atoms with Crippen molar-refractivity contribution in [2.24, 2.45) is 0 Å². The summed E-state index contributed by atoms with van der Waals surface area (Å²) in [5.41, 5.74) is 0.708. The predicted octanol–water partition coefficient (Wildman–Crippen LogP) is 2.03. The largest absolute Gasteiger partial charge is 0.480 e. The molecule has 0 atom stereocenters. The smallest absolute Gasteiger partial charge is 0.227 e. The first-order valence-electron chi connectivity index (χ1n) is 2.76. The maximum Gasteiger partial charge on any atom is 0.227 e. The molecule has 2 nitrogen and oxygen atoms in total. The Hall–Kier alpha value is -0.570. The van der Waals surface area contributed by atoms with Crippen LogP contribution < -0.4 is 4.74 Å². The van der Waals surface area contributed by atoms with Crippen LogP contribution in [0, 0.1) is 6.92 Å². The van der Waals surface area contributed by atoms with Crippen molar-refractivity contribution in [2.75, 3.05) is 7.11 Å². The maximum absolute atomic E-state index is 4.93. The molecule has 1 heterocycles. The van der Waals surface area contributed by atoms with E-state index in [1.807, 2.05) is 12.1 Å². The summed E-state index contributed by atoms with van der Waals surface area (Å²) in [6.45, 7) is 3.66. The molecule has 0 unspecified atom stereocenters. The van der Waals surface area contributed by atoms with Crippen molar-refractivity contribution in [1.82, 2.24) is 4.98 Å². The third kappa shape index (κ3) is 1.48. The molecule has 0 amide bonds. The molecule has 0 N–H and O–H groups in total. The molecule has 0 fully saturated rings. The minimum absolute atomic E-state index is 0.576. The summed E-state index contributed by atoms with van der Waals surface area (Å²) in [5, 5.41) is 0. The molecule has 1 radical (unpaired) electrons. The quantitative estimate of drug-likeness (QED) is 0.693. The Morgan fingerprint density at radius 1 is 1.60 bits per heavy atom. The minimum atomic E-state index is 0.576. The molecule has 10 heavy (non-hydrogen) atoms. The number of nitrogens with zero attached hydrogens (tertiary/aromatic N) is 1. The van der Waals surface area contributed by atoms with E-state index >= 15 is 0 Å². The van der Waals surface area contributed by atoms with Gasteiger partial charge in [0, 0.05) is 5.69 Å². The summed E-state index contributed by atoms with van der Waals surface area (Å²) in [5.74, 6) is 0.576. The number of aromatic nitrogens is 1. The Kier molecular flexibility index (Phi) is 2.27. The van der Waals surface area contributed by atoms with E-state index in [2.05, 4.69) is 27.8 Å². The molecule has 0 spiro atoms. The van der Waals surface area contributed by atoms with Crippen LogP contribution in [0.15, 0.2) is 16.6 Å². The van der Waals surface area contributed by atoms with Crippen molar-refractivity contribution >= 4 is 15.9 Å². The standard InChI is InChI=1S/C7H7BrNO/c1-5-3-4-6(8)7(9-5)10-2/h3-4H,1H2,2H3. The lowest BCUT2D eigenvalue weighted by Crippen LogP contribution is -1.89. The topological polar surface area (TPSA) is 22.1 Å². The van der Waals surface area contributed by atoms with Gasteiger partial charge in [-0.2, -0.15) is 0 Å². The summed E-state index contributed by atoms with van der Waals surface area (Å²) in [7, 11) is 1.58. The van der Waals surface area contributed by atoms with Gasteiger partial charge in [-0.1, -0.05) is 0 Å². The molecule has 1 rings (SSSR count). The van der Waals surface area contributed by atoms with Crippen LogP contribution >= 0.6 is 15.9 Å². The molecule has 3 heteroatoms. The van der Waals surface area contributed by atoms with E-state index < -0.39 is 0 Å². The zero-order valence-electron chi connectivity index (χ0n) is 5.60. The van der Waals surface area contributed by atoms with Crippen LogP contribution in [0.5, 0.6) is 5.88 Å². The summed E-state index contributed by atoms with van der Waals surface area (Å²) < 4.78 is 5.78. The molecular formula is C7H7BrNO. The van der Waals surface area contributed by atoms with Gasteiger partial charge in [0.2, 0.25) is 5.88 Å². The van der Waals surface area contributed by atoms with E-state index in [1.54, 1.807) is 7.11 Å². The second-order valence-corrected chi connectivity index (χ2v) is 2.65. The SMILES string of the molecule is [CH2]c1ccc(Br)c(OC)n1. The number of methoxy groups -OCH3 is 1. The fourth-order valence-corrected chi connectivity index (χ4v) is 0.988.